The molecule has 3 aromatic rings. The van der Waals surface area contributed by atoms with E-state index < -0.39 is 0 Å². The molecule has 0 radical (unpaired) electrons. The number of hydrogen-bond donors (Lipinski definition) is 3. The maximum atomic E-state index is 12.1. The Morgan fingerprint density at radius 3 is 2.16 bits per heavy atom. The zero-order valence-corrected chi connectivity index (χ0v) is 14.2. The lowest BCUT2D eigenvalue weighted by molar-refractivity contribution is -0.113. The Labute approximate surface area is 149 Å². The minimum atomic E-state index is -0.151. The first-order chi connectivity index (χ1) is 12.1. The number of rotatable bonds is 5. The van der Waals surface area contributed by atoms with Crippen LogP contribution in [0.2, 0.25) is 0 Å². The highest BCUT2D eigenvalue weighted by Crippen LogP contribution is 2.21. The average molecular weight is 351 g/mol. The third-order valence-electron chi connectivity index (χ3n) is 3.35. The van der Waals surface area contributed by atoms with E-state index in [1.807, 2.05) is 54.6 Å². The predicted molar refractivity (Wildman–Crippen MR) is 102 cm³/mol. The second-order valence-corrected chi connectivity index (χ2v) is 6.22. The molecule has 0 saturated carbocycles. The molecule has 0 bridgehead atoms. The largest absolute Gasteiger partial charge is 0.383 e. The first kappa shape index (κ1) is 16.8. The van der Waals surface area contributed by atoms with Crippen molar-refractivity contribution in [3.05, 3.63) is 60.7 Å². The summed E-state index contributed by atoms with van der Waals surface area (Å²) in [5.41, 5.74) is 14.2. The highest BCUT2D eigenvalue weighted by Gasteiger charge is 2.07. The fourth-order valence-electron chi connectivity index (χ4n) is 2.23. The molecule has 2 aromatic carbocycles. The molecule has 3 rings (SSSR count). The maximum absolute atomic E-state index is 12.1. The number of hydrogen-bond acceptors (Lipinski definition) is 6. The topological polar surface area (TPSA) is 107 Å². The second-order valence-electron chi connectivity index (χ2n) is 5.28. The second kappa shape index (κ2) is 7.67. The molecule has 0 spiro atoms. The Morgan fingerprint density at radius 1 is 0.920 bits per heavy atom. The predicted octanol–water partition coefficient (Wildman–Crippen LogP) is 3.04. The van der Waals surface area contributed by atoms with Gasteiger partial charge in [-0.2, -0.15) is 0 Å². The van der Waals surface area contributed by atoms with Crippen LogP contribution < -0.4 is 16.8 Å². The van der Waals surface area contributed by atoms with Gasteiger partial charge in [-0.25, -0.2) is 9.97 Å². The fourth-order valence-corrected chi connectivity index (χ4v) is 2.90. The standard InChI is InChI=1S/C18H17N5OS/c19-15-10-16(20)23-18(22-15)25-11-17(24)21-14-8-6-13(7-9-14)12-4-2-1-3-5-12/h1-10H,11H2,(H,21,24)(H4,19,20,22,23). The van der Waals surface area contributed by atoms with Crippen molar-refractivity contribution >= 4 is 35.0 Å². The quantitative estimate of drug-likeness (QED) is 0.482. The van der Waals surface area contributed by atoms with Crippen LogP contribution in [0.5, 0.6) is 0 Å². The smallest absolute Gasteiger partial charge is 0.234 e. The number of benzene rings is 2. The number of nitrogens with zero attached hydrogens (tertiary/aromatic N) is 2. The number of anilines is 3. The summed E-state index contributed by atoms with van der Waals surface area (Å²) in [5.74, 6) is 0.587. The average Bonchev–Trinajstić information content (AvgIpc) is 2.61. The molecule has 1 heterocycles. The van der Waals surface area contributed by atoms with Gasteiger partial charge in [-0.1, -0.05) is 54.2 Å². The third-order valence-corrected chi connectivity index (χ3v) is 4.20. The number of carbonyl (C=O) groups excluding carboxylic acids is 1. The number of amides is 1. The number of carbonyl (C=O) groups is 1. The van der Waals surface area contributed by atoms with Gasteiger partial charge in [0.05, 0.1) is 5.75 Å². The van der Waals surface area contributed by atoms with E-state index in [1.54, 1.807) is 0 Å². The van der Waals surface area contributed by atoms with E-state index in [9.17, 15) is 4.79 Å². The summed E-state index contributed by atoms with van der Waals surface area (Å²) in [4.78, 5) is 20.1. The van der Waals surface area contributed by atoms with Crippen LogP contribution in [-0.2, 0) is 4.79 Å². The van der Waals surface area contributed by atoms with E-state index in [1.165, 1.54) is 17.8 Å². The van der Waals surface area contributed by atoms with Gasteiger partial charge in [0.1, 0.15) is 11.6 Å². The van der Waals surface area contributed by atoms with Crippen molar-refractivity contribution in [2.45, 2.75) is 5.16 Å². The van der Waals surface area contributed by atoms with E-state index in [0.717, 1.165) is 16.8 Å². The molecule has 0 aliphatic rings. The van der Waals surface area contributed by atoms with Crippen molar-refractivity contribution in [1.29, 1.82) is 0 Å². The number of aromatic nitrogens is 2. The first-order valence-electron chi connectivity index (χ1n) is 7.58. The highest BCUT2D eigenvalue weighted by molar-refractivity contribution is 7.99. The molecule has 0 saturated heterocycles. The first-order valence-corrected chi connectivity index (χ1v) is 8.57. The minimum Gasteiger partial charge on any atom is -0.383 e. The summed E-state index contributed by atoms with van der Waals surface area (Å²) in [6, 6.07) is 19.2. The van der Waals surface area contributed by atoms with Gasteiger partial charge in [0.25, 0.3) is 0 Å². The molecule has 7 heteroatoms. The zero-order valence-electron chi connectivity index (χ0n) is 13.3. The molecule has 0 unspecified atom stereocenters. The SMILES string of the molecule is Nc1cc(N)nc(SCC(=O)Nc2ccc(-c3ccccc3)cc2)n1. The summed E-state index contributed by atoms with van der Waals surface area (Å²) in [6.07, 6.45) is 0. The Hall–Kier alpha value is -3.06. The molecule has 0 aliphatic heterocycles. The summed E-state index contributed by atoms with van der Waals surface area (Å²) < 4.78 is 0. The molecule has 1 aromatic heterocycles. The van der Waals surface area contributed by atoms with Crippen molar-refractivity contribution in [1.82, 2.24) is 9.97 Å². The van der Waals surface area contributed by atoms with E-state index in [2.05, 4.69) is 15.3 Å². The van der Waals surface area contributed by atoms with Crippen LogP contribution in [0, 0.1) is 0 Å². The van der Waals surface area contributed by atoms with Crippen LogP contribution in [0.3, 0.4) is 0 Å². The van der Waals surface area contributed by atoms with E-state index in [-0.39, 0.29) is 23.3 Å². The van der Waals surface area contributed by atoms with Crippen LogP contribution in [0.25, 0.3) is 11.1 Å². The molecule has 6 nitrogen and oxygen atoms in total. The fraction of sp³-hybridized carbons (Fsp3) is 0.0556. The van der Waals surface area contributed by atoms with Crippen molar-refractivity contribution in [2.75, 3.05) is 22.5 Å². The Morgan fingerprint density at radius 2 is 1.52 bits per heavy atom. The Balaban J connectivity index is 1.57. The van der Waals surface area contributed by atoms with Crippen LogP contribution >= 0.6 is 11.8 Å². The third kappa shape index (κ3) is 4.71. The Kier molecular flexibility index (Phi) is 5.15. The van der Waals surface area contributed by atoms with E-state index >= 15 is 0 Å². The monoisotopic (exact) mass is 351 g/mol. The molecule has 0 fully saturated rings. The molecule has 1 amide bonds. The van der Waals surface area contributed by atoms with Gasteiger partial charge in [0.15, 0.2) is 5.16 Å². The lowest BCUT2D eigenvalue weighted by atomic mass is 10.1. The van der Waals surface area contributed by atoms with Gasteiger partial charge in [0.2, 0.25) is 5.91 Å². The van der Waals surface area contributed by atoms with Crippen LogP contribution in [-0.4, -0.2) is 21.6 Å². The molecule has 0 aliphatic carbocycles. The van der Waals surface area contributed by atoms with Gasteiger partial charge in [-0.3, -0.25) is 4.79 Å². The zero-order chi connectivity index (χ0) is 17.6. The van der Waals surface area contributed by atoms with Crippen molar-refractivity contribution in [3.8, 4) is 11.1 Å². The van der Waals surface area contributed by atoms with Gasteiger partial charge in [-0.15, -0.1) is 0 Å². The van der Waals surface area contributed by atoms with Crippen LogP contribution in [0.4, 0.5) is 17.3 Å². The normalized spacial score (nSPS) is 10.4. The molecular formula is C18H17N5OS. The summed E-state index contributed by atoms with van der Waals surface area (Å²) >= 11 is 1.18. The van der Waals surface area contributed by atoms with Crippen molar-refractivity contribution in [2.24, 2.45) is 0 Å². The number of thioether (sulfide) groups is 1. The highest BCUT2D eigenvalue weighted by atomic mass is 32.2. The lowest BCUT2D eigenvalue weighted by Gasteiger charge is -2.07. The summed E-state index contributed by atoms with van der Waals surface area (Å²) in [5, 5.41) is 3.22. The molecule has 126 valence electrons. The minimum absolute atomic E-state index is 0.151. The van der Waals surface area contributed by atoms with Crippen molar-refractivity contribution < 1.29 is 4.79 Å². The molecule has 5 N–H and O–H groups in total. The molecule has 25 heavy (non-hydrogen) atoms. The van der Waals surface area contributed by atoms with E-state index in [4.69, 9.17) is 11.5 Å². The molecular weight excluding hydrogens is 334 g/mol. The molecule has 0 atom stereocenters. The number of nitrogen functional groups attached to an aromatic ring is 2. The summed E-state index contributed by atoms with van der Waals surface area (Å²) in [7, 11) is 0. The van der Waals surface area contributed by atoms with Crippen LogP contribution in [0.1, 0.15) is 0 Å². The van der Waals surface area contributed by atoms with Gasteiger partial charge < -0.3 is 16.8 Å². The number of nitrogens with two attached hydrogens (primary N) is 2. The number of nitrogens with one attached hydrogen (secondary N) is 1. The summed E-state index contributed by atoms with van der Waals surface area (Å²) in [6.45, 7) is 0. The van der Waals surface area contributed by atoms with Crippen LogP contribution in [0.15, 0.2) is 65.8 Å². The Bertz CT molecular complexity index is 848. The van der Waals surface area contributed by atoms with Crippen molar-refractivity contribution in [3.63, 3.8) is 0 Å². The lowest BCUT2D eigenvalue weighted by Crippen LogP contribution is -2.14. The van der Waals surface area contributed by atoms with Gasteiger partial charge >= 0.3 is 0 Å². The van der Waals surface area contributed by atoms with Gasteiger partial charge in [-0.05, 0) is 23.3 Å². The van der Waals surface area contributed by atoms with E-state index in [0.29, 0.717) is 5.16 Å². The maximum Gasteiger partial charge on any atom is 0.234 e. The van der Waals surface area contributed by atoms with Gasteiger partial charge in [0, 0.05) is 11.8 Å².